The van der Waals surface area contributed by atoms with Crippen LogP contribution in [0.5, 0.6) is 17.2 Å². The number of fused-ring (bicyclic) bond motifs is 2. The molecule has 0 spiro atoms. The van der Waals surface area contributed by atoms with Crippen LogP contribution >= 0.6 is 11.3 Å². The first-order valence-corrected chi connectivity index (χ1v) is 19.0. The van der Waals surface area contributed by atoms with Gasteiger partial charge in [-0.15, -0.1) is 11.3 Å². The molecule has 12 nitrogen and oxygen atoms in total. The number of carbonyl (C=O) groups is 1. The first-order chi connectivity index (χ1) is 25.1. The van der Waals surface area contributed by atoms with Crippen LogP contribution < -0.4 is 14.2 Å². The number of aryl methyl sites for hydroxylation is 3. The lowest BCUT2D eigenvalue weighted by Crippen LogP contribution is -2.15. The lowest BCUT2D eigenvalue weighted by atomic mass is 9.98. The van der Waals surface area contributed by atoms with Crippen LogP contribution in [0.3, 0.4) is 0 Å². The van der Waals surface area contributed by atoms with E-state index in [9.17, 15) is 4.79 Å². The fourth-order valence-corrected chi connectivity index (χ4v) is 7.29. The van der Waals surface area contributed by atoms with Crippen LogP contribution in [0.1, 0.15) is 73.1 Å². The fraction of sp³-hybridized carbons (Fsp3) is 0.579. The van der Waals surface area contributed by atoms with Gasteiger partial charge >= 0.3 is 5.97 Å². The zero-order valence-corrected chi connectivity index (χ0v) is 30.5. The maximum atomic E-state index is 12.5. The summed E-state index contributed by atoms with van der Waals surface area (Å²) < 4.78 is 39.8. The van der Waals surface area contributed by atoms with Crippen LogP contribution in [-0.4, -0.2) is 83.6 Å². The standard InChI is InChI=1S/C38H50N4O8S/c1-2-15-48-35-26-30(38-41-33-6-3-4-7-36(33)51-38)10-13-34(35)49-17-5-16-47-31-11-12-32-28(25-31)8-9-29(32)27-37(43)50-24-23-46-22-21-45-20-19-44-18-14-40-42-39/h10-13,25-26,29H,2-9,14-24,27H2,1H3/t29-/m0/s1. The molecule has 2 aromatic carbocycles. The van der Waals surface area contributed by atoms with Crippen molar-refractivity contribution in [1.82, 2.24) is 4.98 Å². The van der Waals surface area contributed by atoms with Gasteiger partial charge in [0.2, 0.25) is 0 Å². The second-order valence-electron chi connectivity index (χ2n) is 12.5. The molecule has 0 radical (unpaired) electrons. The predicted molar refractivity (Wildman–Crippen MR) is 195 cm³/mol. The molecule has 0 fully saturated rings. The molecule has 1 atom stereocenters. The molecule has 3 aromatic rings. The summed E-state index contributed by atoms with van der Waals surface area (Å²) in [7, 11) is 0. The van der Waals surface area contributed by atoms with E-state index in [1.54, 1.807) is 11.3 Å². The molecular weight excluding hydrogens is 673 g/mol. The van der Waals surface area contributed by atoms with Crippen LogP contribution in [0.15, 0.2) is 41.5 Å². The first-order valence-electron chi connectivity index (χ1n) is 18.2. The highest BCUT2D eigenvalue weighted by Crippen LogP contribution is 2.39. The van der Waals surface area contributed by atoms with Gasteiger partial charge in [0, 0.05) is 28.3 Å². The number of benzene rings is 2. The van der Waals surface area contributed by atoms with Gasteiger partial charge in [0.05, 0.1) is 71.6 Å². The van der Waals surface area contributed by atoms with E-state index in [1.807, 2.05) is 12.1 Å². The van der Waals surface area contributed by atoms with Gasteiger partial charge in [0.25, 0.3) is 0 Å². The number of ether oxygens (including phenoxy) is 7. The van der Waals surface area contributed by atoms with Crippen molar-refractivity contribution in [1.29, 1.82) is 0 Å². The minimum Gasteiger partial charge on any atom is -0.493 e. The monoisotopic (exact) mass is 722 g/mol. The second-order valence-corrected chi connectivity index (χ2v) is 13.6. The molecule has 0 saturated heterocycles. The first kappa shape index (κ1) is 38.4. The lowest BCUT2D eigenvalue weighted by Gasteiger charge is -2.14. The van der Waals surface area contributed by atoms with Crippen LogP contribution in [-0.2, 0) is 43.0 Å². The second kappa shape index (κ2) is 21.5. The smallest absolute Gasteiger partial charge is 0.306 e. The van der Waals surface area contributed by atoms with Crippen LogP contribution in [0, 0.1) is 0 Å². The normalized spacial score (nSPS) is 14.7. The third-order valence-corrected chi connectivity index (χ3v) is 9.88. The molecule has 276 valence electrons. The van der Waals surface area contributed by atoms with Crippen molar-refractivity contribution in [3.8, 4) is 27.8 Å². The highest BCUT2D eigenvalue weighted by atomic mass is 32.1. The molecule has 1 aromatic heterocycles. The summed E-state index contributed by atoms with van der Waals surface area (Å²) >= 11 is 1.81. The van der Waals surface area contributed by atoms with Gasteiger partial charge in [-0.05, 0) is 97.9 Å². The predicted octanol–water partition coefficient (Wildman–Crippen LogP) is 7.65. The average Bonchev–Trinajstić information content (AvgIpc) is 3.77. The fourth-order valence-electron chi connectivity index (χ4n) is 6.14. The Kier molecular flexibility index (Phi) is 16.2. The third-order valence-electron chi connectivity index (χ3n) is 8.68. The maximum Gasteiger partial charge on any atom is 0.306 e. The lowest BCUT2D eigenvalue weighted by molar-refractivity contribution is -0.145. The molecule has 2 aliphatic rings. The van der Waals surface area contributed by atoms with Gasteiger partial charge in [-0.2, -0.15) is 0 Å². The third kappa shape index (κ3) is 12.4. The Morgan fingerprint density at radius 3 is 2.43 bits per heavy atom. The summed E-state index contributed by atoms with van der Waals surface area (Å²) in [6.07, 6.45) is 8.52. The summed E-state index contributed by atoms with van der Waals surface area (Å²) in [5.74, 6) is 2.27. The molecular formula is C38H50N4O8S. The van der Waals surface area contributed by atoms with E-state index in [4.69, 9.17) is 43.7 Å². The maximum absolute atomic E-state index is 12.5. The van der Waals surface area contributed by atoms with Gasteiger partial charge < -0.3 is 33.2 Å². The Hall–Kier alpha value is -3.87. The molecule has 0 bridgehead atoms. The van der Waals surface area contributed by atoms with Crippen LogP contribution in [0.25, 0.3) is 21.0 Å². The SMILES string of the molecule is CCCOc1cc(-c2nc3c(s2)CCCC3)ccc1OCCCOc1ccc2c(c1)CC[C@H]2CC(=O)OCCOCCOCCOCCN=[N+]=[N-]. The summed E-state index contributed by atoms with van der Waals surface area (Å²) in [4.78, 5) is 21.5. The van der Waals surface area contributed by atoms with Crippen molar-refractivity contribution in [2.24, 2.45) is 5.11 Å². The van der Waals surface area contributed by atoms with Gasteiger partial charge in [-0.1, -0.05) is 18.1 Å². The van der Waals surface area contributed by atoms with Crippen molar-refractivity contribution in [3.63, 3.8) is 0 Å². The Morgan fingerprint density at radius 1 is 0.863 bits per heavy atom. The molecule has 5 rings (SSSR count). The number of carbonyl (C=O) groups excluding carboxylic acids is 1. The molecule has 13 heteroatoms. The molecule has 0 aliphatic heterocycles. The zero-order chi connectivity index (χ0) is 35.5. The molecule has 2 aliphatic carbocycles. The highest BCUT2D eigenvalue weighted by molar-refractivity contribution is 7.15. The molecule has 0 amide bonds. The Labute approximate surface area is 304 Å². The van der Waals surface area contributed by atoms with Gasteiger partial charge in [0.15, 0.2) is 11.5 Å². The van der Waals surface area contributed by atoms with Crippen molar-refractivity contribution < 1.29 is 38.0 Å². The minimum absolute atomic E-state index is 0.148. The Bertz CT molecular complexity index is 1550. The van der Waals surface area contributed by atoms with Gasteiger partial charge in [0.1, 0.15) is 17.4 Å². The van der Waals surface area contributed by atoms with E-state index in [2.05, 4.69) is 41.2 Å². The number of rotatable bonds is 24. The number of hydrogen-bond acceptors (Lipinski definition) is 11. The number of thiazole rings is 1. The van der Waals surface area contributed by atoms with E-state index < -0.39 is 0 Å². The number of hydrogen-bond donors (Lipinski definition) is 0. The molecule has 0 unspecified atom stereocenters. The summed E-state index contributed by atoms with van der Waals surface area (Å²) in [6, 6.07) is 12.3. The largest absolute Gasteiger partial charge is 0.493 e. The quantitative estimate of drug-likeness (QED) is 0.0299. The Balaban J connectivity index is 0.961. The topological polar surface area (TPSA) is 143 Å². The van der Waals surface area contributed by atoms with E-state index in [0.29, 0.717) is 72.4 Å². The summed E-state index contributed by atoms with van der Waals surface area (Å²) in [5.41, 5.74) is 13.0. The number of nitrogens with zero attached hydrogens (tertiary/aromatic N) is 4. The van der Waals surface area contributed by atoms with E-state index >= 15 is 0 Å². The number of aromatic nitrogens is 1. The molecule has 0 N–H and O–H groups in total. The summed E-state index contributed by atoms with van der Waals surface area (Å²) in [6.45, 7) is 6.67. The highest BCUT2D eigenvalue weighted by Gasteiger charge is 2.26. The van der Waals surface area contributed by atoms with E-state index in [0.717, 1.165) is 66.3 Å². The van der Waals surface area contributed by atoms with Crippen LogP contribution in [0.2, 0.25) is 0 Å². The van der Waals surface area contributed by atoms with E-state index in [1.165, 1.54) is 34.5 Å². The number of azide groups is 1. The van der Waals surface area contributed by atoms with Crippen molar-refractivity contribution in [2.45, 2.75) is 70.6 Å². The molecule has 0 saturated carbocycles. The minimum atomic E-state index is -0.217. The van der Waals surface area contributed by atoms with Crippen molar-refractivity contribution in [2.75, 3.05) is 72.6 Å². The Morgan fingerprint density at radius 2 is 1.63 bits per heavy atom. The average molecular weight is 723 g/mol. The van der Waals surface area contributed by atoms with Crippen molar-refractivity contribution in [3.05, 3.63) is 68.5 Å². The molecule has 1 heterocycles. The van der Waals surface area contributed by atoms with Crippen LogP contribution in [0.4, 0.5) is 0 Å². The van der Waals surface area contributed by atoms with Crippen molar-refractivity contribution >= 4 is 17.3 Å². The summed E-state index contributed by atoms with van der Waals surface area (Å²) in [5, 5.41) is 4.45. The van der Waals surface area contributed by atoms with E-state index in [-0.39, 0.29) is 18.5 Å². The molecule has 51 heavy (non-hydrogen) atoms. The van der Waals surface area contributed by atoms with Gasteiger partial charge in [-0.3, -0.25) is 4.79 Å². The van der Waals surface area contributed by atoms with Gasteiger partial charge in [-0.25, -0.2) is 4.98 Å². The number of esters is 1. The zero-order valence-electron chi connectivity index (χ0n) is 29.6.